The summed E-state index contributed by atoms with van der Waals surface area (Å²) < 4.78 is 16.6. The van der Waals surface area contributed by atoms with Crippen molar-refractivity contribution in [1.29, 1.82) is 0 Å². The Kier molecular flexibility index (Phi) is 10.2. The molecule has 2 rings (SSSR count). The zero-order valence-corrected chi connectivity index (χ0v) is 25.2. The summed E-state index contributed by atoms with van der Waals surface area (Å²) in [7, 11) is 1.77. The Balaban J connectivity index is 2.50. The summed E-state index contributed by atoms with van der Waals surface area (Å²) >= 11 is 0. The third-order valence-corrected chi connectivity index (χ3v) is 5.50. The summed E-state index contributed by atoms with van der Waals surface area (Å²) in [6, 6.07) is 1.21. The molecule has 0 aliphatic carbocycles. The minimum Gasteiger partial charge on any atom is -0.444 e. The van der Waals surface area contributed by atoms with E-state index in [4.69, 9.17) is 14.2 Å². The maximum atomic E-state index is 13.3. The monoisotopic (exact) mass is 550 g/mol. The molecule has 0 unspecified atom stereocenters. The van der Waals surface area contributed by atoms with E-state index >= 15 is 0 Å². The topological polar surface area (TPSA) is 134 Å². The van der Waals surface area contributed by atoms with Crippen LogP contribution in [0.4, 0.5) is 25.8 Å². The average Bonchev–Trinajstić information content (AvgIpc) is 2.72. The van der Waals surface area contributed by atoms with Crippen molar-refractivity contribution in [3.8, 4) is 0 Å². The average molecular weight is 551 g/mol. The fourth-order valence-corrected chi connectivity index (χ4v) is 4.19. The predicted octanol–water partition coefficient (Wildman–Crippen LogP) is 4.20. The molecule has 0 saturated carbocycles. The number of alkyl carbamates (subject to hydrolysis) is 1. The van der Waals surface area contributed by atoms with E-state index in [9.17, 15) is 14.4 Å². The van der Waals surface area contributed by atoms with Crippen LogP contribution in [0.5, 0.6) is 0 Å². The van der Waals surface area contributed by atoms with Gasteiger partial charge in [0.1, 0.15) is 22.5 Å². The molecule has 0 bridgehead atoms. The van der Waals surface area contributed by atoms with Crippen LogP contribution >= 0.6 is 0 Å². The second-order valence-corrected chi connectivity index (χ2v) is 12.7. The van der Waals surface area contributed by atoms with Crippen molar-refractivity contribution in [2.24, 2.45) is 5.92 Å². The van der Waals surface area contributed by atoms with E-state index in [-0.39, 0.29) is 23.7 Å². The standard InChI is InChI=1S/C27H46N6O6/c1-17-15-32(16-18(21(17)31-28-11)30-22(34)37-25(2,3)4)19-12-13-29-14-20(19)33(23(35)38-26(5,6)7)24(36)39-27(8,9)10/h12-14,17-18,21,28,31H,15-16H2,1-11H3,(H,30,34)/t17-,18+,21-/m0/s1. The van der Waals surface area contributed by atoms with E-state index in [1.807, 2.05) is 11.8 Å². The van der Waals surface area contributed by atoms with E-state index in [0.717, 1.165) is 4.90 Å². The van der Waals surface area contributed by atoms with E-state index in [0.29, 0.717) is 18.8 Å². The molecule has 1 fully saturated rings. The number of nitrogens with one attached hydrogen (secondary N) is 3. The van der Waals surface area contributed by atoms with Crippen LogP contribution in [-0.4, -0.2) is 72.3 Å². The van der Waals surface area contributed by atoms with E-state index < -0.39 is 35.1 Å². The smallest absolute Gasteiger partial charge is 0.424 e. The number of hydrogen-bond acceptors (Lipinski definition) is 10. The van der Waals surface area contributed by atoms with Gasteiger partial charge in [0.05, 0.1) is 17.9 Å². The number of anilines is 2. The lowest BCUT2D eigenvalue weighted by molar-refractivity contribution is 0.0427. The SMILES string of the molecule is CNN[C@H]1[C@@H](C)CN(c2ccncc2N(C(=O)OC(C)(C)C)C(=O)OC(C)(C)C)C[C@H]1NC(=O)OC(C)(C)C. The number of pyridine rings is 1. The third kappa shape index (κ3) is 9.85. The van der Waals surface area contributed by atoms with Crippen molar-refractivity contribution < 1.29 is 28.6 Å². The molecule has 1 aromatic heterocycles. The summed E-state index contributed by atoms with van der Waals surface area (Å²) in [5, 5.41) is 2.98. The molecule has 0 spiro atoms. The van der Waals surface area contributed by atoms with Gasteiger partial charge in [0.25, 0.3) is 0 Å². The number of ether oxygens (including phenoxy) is 3. The molecule has 12 heteroatoms. The predicted molar refractivity (Wildman–Crippen MR) is 150 cm³/mol. The Labute approximate surface area is 232 Å². The van der Waals surface area contributed by atoms with Gasteiger partial charge >= 0.3 is 18.3 Å². The Morgan fingerprint density at radius 1 is 0.923 bits per heavy atom. The quantitative estimate of drug-likeness (QED) is 0.362. The fourth-order valence-electron chi connectivity index (χ4n) is 4.19. The zero-order chi connectivity index (χ0) is 29.8. The van der Waals surface area contributed by atoms with Crippen LogP contribution in [0.2, 0.25) is 0 Å². The molecule has 12 nitrogen and oxygen atoms in total. The fraction of sp³-hybridized carbons (Fsp3) is 0.704. The summed E-state index contributed by atoms with van der Waals surface area (Å²) in [6.45, 7) is 18.7. The minimum atomic E-state index is -0.880. The highest BCUT2D eigenvalue weighted by atomic mass is 16.6. The van der Waals surface area contributed by atoms with Crippen LogP contribution in [-0.2, 0) is 14.2 Å². The number of hydrazine groups is 1. The van der Waals surface area contributed by atoms with Gasteiger partial charge in [-0.2, -0.15) is 4.90 Å². The number of aromatic nitrogens is 1. The van der Waals surface area contributed by atoms with Crippen molar-refractivity contribution in [3.63, 3.8) is 0 Å². The van der Waals surface area contributed by atoms with Crippen LogP contribution in [0.3, 0.4) is 0 Å². The second kappa shape index (κ2) is 12.4. The highest BCUT2D eigenvalue weighted by molar-refractivity contribution is 6.11. The molecule has 3 N–H and O–H groups in total. The molecule has 0 radical (unpaired) electrons. The first kappa shape index (κ1) is 32.1. The molecule has 3 atom stereocenters. The maximum absolute atomic E-state index is 13.3. The molecular formula is C27H46N6O6. The first-order valence-electron chi connectivity index (χ1n) is 13.2. The number of hydrogen-bond donors (Lipinski definition) is 3. The van der Waals surface area contributed by atoms with Gasteiger partial charge < -0.3 is 24.4 Å². The summed E-state index contributed by atoms with van der Waals surface area (Å²) in [5.41, 5.74) is 4.62. The Morgan fingerprint density at radius 2 is 1.46 bits per heavy atom. The van der Waals surface area contributed by atoms with Crippen LogP contribution < -0.4 is 26.0 Å². The molecule has 220 valence electrons. The lowest BCUT2D eigenvalue weighted by Crippen LogP contribution is -2.65. The van der Waals surface area contributed by atoms with Gasteiger partial charge in [-0.05, 0) is 81.3 Å². The summed E-state index contributed by atoms with van der Waals surface area (Å²) in [4.78, 5) is 46.4. The van der Waals surface area contributed by atoms with Crippen molar-refractivity contribution in [3.05, 3.63) is 18.5 Å². The molecular weight excluding hydrogens is 504 g/mol. The second-order valence-electron chi connectivity index (χ2n) is 12.7. The third-order valence-electron chi connectivity index (χ3n) is 5.50. The number of nitrogens with zero attached hydrogens (tertiary/aromatic N) is 3. The van der Waals surface area contributed by atoms with Crippen molar-refractivity contribution in [2.45, 2.75) is 98.1 Å². The van der Waals surface area contributed by atoms with Gasteiger partial charge in [-0.3, -0.25) is 15.8 Å². The molecule has 3 amide bonds. The molecule has 1 aromatic rings. The first-order valence-corrected chi connectivity index (χ1v) is 13.2. The van der Waals surface area contributed by atoms with Gasteiger partial charge in [0.15, 0.2) is 0 Å². The highest BCUT2D eigenvalue weighted by Crippen LogP contribution is 2.34. The number of carbonyl (C=O) groups excluding carboxylic acids is 3. The Morgan fingerprint density at radius 3 is 1.95 bits per heavy atom. The highest BCUT2D eigenvalue weighted by Gasteiger charge is 2.39. The molecule has 39 heavy (non-hydrogen) atoms. The van der Waals surface area contributed by atoms with Gasteiger partial charge in [-0.25, -0.2) is 14.4 Å². The Bertz CT molecular complexity index is 985. The number of amides is 3. The summed E-state index contributed by atoms with van der Waals surface area (Å²) in [5.74, 6) is 0.0312. The van der Waals surface area contributed by atoms with Gasteiger partial charge in [0, 0.05) is 25.3 Å². The first-order chi connectivity index (χ1) is 17.8. The molecule has 1 aliphatic heterocycles. The van der Waals surface area contributed by atoms with Gasteiger partial charge in [-0.15, -0.1) is 0 Å². The van der Waals surface area contributed by atoms with Crippen LogP contribution in [0, 0.1) is 5.92 Å². The van der Waals surface area contributed by atoms with Crippen molar-refractivity contribution in [2.75, 3.05) is 29.9 Å². The molecule has 0 aromatic carbocycles. The van der Waals surface area contributed by atoms with Gasteiger partial charge in [-0.1, -0.05) is 6.92 Å². The zero-order valence-electron chi connectivity index (χ0n) is 25.2. The number of imide groups is 1. The molecule has 2 heterocycles. The number of piperidine rings is 1. The van der Waals surface area contributed by atoms with Crippen LogP contribution in [0.15, 0.2) is 18.5 Å². The van der Waals surface area contributed by atoms with Crippen molar-refractivity contribution in [1.82, 2.24) is 21.2 Å². The van der Waals surface area contributed by atoms with Crippen LogP contribution in [0.25, 0.3) is 0 Å². The molecule has 1 aliphatic rings. The van der Waals surface area contributed by atoms with Gasteiger partial charge in [0.2, 0.25) is 0 Å². The van der Waals surface area contributed by atoms with Crippen LogP contribution in [0.1, 0.15) is 69.2 Å². The van der Waals surface area contributed by atoms with E-state index in [1.54, 1.807) is 81.6 Å². The largest absolute Gasteiger partial charge is 0.444 e. The minimum absolute atomic E-state index is 0.0312. The molecule has 1 saturated heterocycles. The Hall–Kier alpha value is -3.12. The number of rotatable bonds is 5. The normalized spacial score (nSPS) is 20.2. The maximum Gasteiger partial charge on any atom is 0.424 e. The number of carbonyl (C=O) groups is 3. The van der Waals surface area contributed by atoms with Crippen molar-refractivity contribution >= 4 is 29.7 Å². The van der Waals surface area contributed by atoms with E-state index in [1.165, 1.54) is 6.20 Å². The lowest BCUT2D eigenvalue weighted by atomic mass is 9.89. The van der Waals surface area contributed by atoms with E-state index in [2.05, 4.69) is 21.2 Å². The lowest BCUT2D eigenvalue weighted by Gasteiger charge is -2.44. The summed E-state index contributed by atoms with van der Waals surface area (Å²) in [6.07, 6.45) is 0.717.